The molecule has 0 bridgehead atoms. The molecule has 0 aliphatic rings. The van der Waals surface area contributed by atoms with Gasteiger partial charge in [0.25, 0.3) is 0 Å². The lowest BCUT2D eigenvalue weighted by Crippen LogP contribution is -2.73. The molecule has 0 saturated heterocycles. The first-order chi connectivity index (χ1) is 13.7. The average Bonchev–Trinajstić information content (AvgIpc) is 2.64. The Hall–Kier alpha value is -1.89. The van der Waals surface area contributed by atoms with E-state index in [0.717, 1.165) is 19.3 Å². The van der Waals surface area contributed by atoms with Crippen LogP contribution in [0.25, 0.3) is 0 Å². The van der Waals surface area contributed by atoms with Crippen LogP contribution in [0.2, 0.25) is 0 Å². The average molecular weight is 414 g/mol. The number of carbonyl (C=O) groups is 3. The van der Waals surface area contributed by atoms with E-state index in [0.29, 0.717) is 0 Å². The molecule has 3 atom stereocenters. The summed E-state index contributed by atoms with van der Waals surface area (Å²) in [6, 6.07) is -3.51. The second-order valence-corrected chi connectivity index (χ2v) is 7.62. The van der Waals surface area contributed by atoms with Gasteiger partial charge in [-0.15, -0.1) is 0 Å². The molecule has 7 nitrogen and oxygen atoms in total. The second kappa shape index (κ2) is 14.1. The molecule has 0 spiro atoms. The molecule has 29 heavy (non-hydrogen) atoms. The monoisotopic (exact) mass is 413 g/mol. The number of allylic oxidation sites excluding steroid dienone is 1. The van der Waals surface area contributed by atoms with Gasteiger partial charge >= 0.3 is 11.9 Å². The Bertz CT molecular complexity index is 490. The smallest absolute Gasteiger partial charge is 0.362 e. The summed E-state index contributed by atoms with van der Waals surface area (Å²) in [5.41, 5.74) is 0. The van der Waals surface area contributed by atoms with Gasteiger partial charge in [-0.25, -0.2) is 9.59 Å². The van der Waals surface area contributed by atoms with Gasteiger partial charge in [0.05, 0.1) is 12.5 Å². The molecule has 0 aliphatic carbocycles. The Balaban J connectivity index is 5.94. The molecule has 0 amide bonds. The lowest BCUT2D eigenvalue weighted by atomic mass is 9.94. The standard InChI is InChI=1S/C22H39NO6/c1-5-9-10-11-12-13-14-15-16-23(17(6-2)20(24)25,18(7-3)21(26)27)19(8-4)22(28)29/h14-15,17-19H,5-13,16H2,1-4H3,(H2-,24,25,26,27,28,29)/b15-14+. The number of nitrogens with zero attached hydrogens (tertiary/aromatic N) is 1. The minimum atomic E-state index is -1.40. The highest BCUT2D eigenvalue weighted by Gasteiger charge is 2.53. The van der Waals surface area contributed by atoms with E-state index in [1.54, 1.807) is 26.8 Å². The number of hydrogen-bond acceptors (Lipinski definition) is 4. The SMILES string of the molecule is CCCCCCC/C=C/C[N+](C(CC)C(=O)[O-])(C(CC)C(=O)O)C(CC)C(=O)O. The third-order valence-corrected chi connectivity index (χ3v) is 5.81. The Morgan fingerprint density at radius 1 is 0.793 bits per heavy atom. The molecular formula is C22H39NO6. The number of hydrogen-bond donors (Lipinski definition) is 2. The van der Waals surface area contributed by atoms with Crippen LogP contribution in [0.4, 0.5) is 0 Å². The number of carboxylic acid groups (broad SMARTS) is 3. The van der Waals surface area contributed by atoms with Crippen LogP contribution < -0.4 is 5.11 Å². The van der Waals surface area contributed by atoms with E-state index in [1.165, 1.54) is 19.3 Å². The summed E-state index contributed by atoms with van der Waals surface area (Å²) in [4.78, 5) is 36.1. The number of quaternary nitrogens is 1. The summed E-state index contributed by atoms with van der Waals surface area (Å²) in [5.74, 6) is -3.76. The molecule has 3 unspecified atom stereocenters. The van der Waals surface area contributed by atoms with Gasteiger partial charge < -0.3 is 20.1 Å². The van der Waals surface area contributed by atoms with Crippen molar-refractivity contribution in [3.05, 3.63) is 12.2 Å². The Labute approximate surface area is 175 Å². The van der Waals surface area contributed by atoms with E-state index in [-0.39, 0.29) is 25.8 Å². The highest BCUT2D eigenvalue weighted by Crippen LogP contribution is 2.31. The molecular weight excluding hydrogens is 374 g/mol. The molecule has 0 fully saturated rings. The van der Waals surface area contributed by atoms with Crippen molar-refractivity contribution < 1.29 is 34.2 Å². The predicted octanol–water partition coefficient (Wildman–Crippen LogP) is 2.97. The van der Waals surface area contributed by atoms with Crippen molar-refractivity contribution in [1.82, 2.24) is 0 Å². The molecule has 0 radical (unpaired) electrons. The molecule has 0 rings (SSSR count). The summed E-state index contributed by atoms with van der Waals surface area (Å²) >= 11 is 0. The van der Waals surface area contributed by atoms with Crippen LogP contribution in [0, 0.1) is 0 Å². The van der Waals surface area contributed by atoms with Gasteiger partial charge in [-0.05, 0) is 18.9 Å². The number of unbranched alkanes of at least 4 members (excludes halogenated alkanes) is 5. The maximum atomic E-state index is 12.1. The third-order valence-electron chi connectivity index (χ3n) is 5.81. The zero-order valence-corrected chi connectivity index (χ0v) is 18.4. The summed E-state index contributed by atoms with van der Waals surface area (Å²) < 4.78 is -0.553. The first-order valence-corrected chi connectivity index (χ1v) is 10.9. The molecule has 0 aromatic rings. The second-order valence-electron chi connectivity index (χ2n) is 7.62. The number of aliphatic carboxylic acids is 3. The Morgan fingerprint density at radius 2 is 1.28 bits per heavy atom. The molecule has 2 N–H and O–H groups in total. The van der Waals surface area contributed by atoms with Crippen molar-refractivity contribution >= 4 is 17.9 Å². The molecule has 168 valence electrons. The lowest BCUT2D eigenvalue weighted by molar-refractivity contribution is -0.969. The minimum Gasteiger partial charge on any atom is -0.544 e. The van der Waals surface area contributed by atoms with Crippen molar-refractivity contribution in [1.29, 1.82) is 0 Å². The van der Waals surface area contributed by atoms with Gasteiger partial charge in [0.1, 0.15) is 6.04 Å². The van der Waals surface area contributed by atoms with Crippen LogP contribution in [0.3, 0.4) is 0 Å². The fourth-order valence-electron chi connectivity index (χ4n) is 4.42. The van der Waals surface area contributed by atoms with Crippen LogP contribution in [-0.4, -0.2) is 57.3 Å². The van der Waals surface area contributed by atoms with Crippen LogP contribution >= 0.6 is 0 Å². The van der Waals surface area contributed by atoms with Crippen molar-refractivity contribution in [3.63, 3.8) is 0 Å². The van der Waals surface area contributed by atoms with Crippen molar-refractivity contribution in [2.45, 2.75) is 104 Å². The lowest BCUT2D eigenvalue weighted by Gasteiger charge is -2.51. The molecule has 0 aliphatic heterocycles. The van der Waals surface area contributed by atoms with Gasteiger partial charge in [0.2, 0.25) is 0 Å². The fraction of sp³-hybridized carbons (Fsp3) is 0.773. The van der Waals surface area contributed by atoms with Gasteiger partial charge in [0, 0.05) is 19.3 Å². The van der Waals surface area contributed by atoms with E-state index < -0.39 is 40.5 Å². The van der Waals surface area contributed by atoms with E-state index in [9.17, 15) is 29.7 Å². The van der Waals surface area contributed by atoms with E-state index in [2.05, 4.69) is 6.92 Å². The number of carbonyl (C=O) groups excluding carboxylic acids is 1. The van der Waals surface area contributed by atoms with Gasteiger partial charge in [-0.2, -0.15) is 0 Å². The molecule has 0 saturated carbocycles. The first-order valence-electron chi connectivity index (χ1n) is 10.9. The largest absolute Gasteiger partial charge is 0.544 e. The summed E-state index contributed by atoms with van der Waals surface area (Å²) in [7, 11) is 0. The van der Waals surface area contributed by atoms with Gasteiger partial charge in [-0.3, -0.25) is 4.48 Å². The van der Waals surface area contributed by atoms with Crippen LogP contribution in [-0.2, 0) is 14.4 Å². The van der Waals surface area contributed by atoms with Crippen molar-refractivity contribution in [2.24, 2.45) is 0 Å². The normalized spacial score (nSPS) is 16.8. The predicted molar refractivity (Wildman–Crippen MR) is 110 cm³/mol. The summed E-state index contributed by atoms with van der Waals surface area (Å²) in [6.07, 6.45) is 10.5. The van der Waals surface area contributed by atoms with Crippen LogP contribution in [0.15, 0.2) is 12.2 Å². The van der Waals surface area contributed by atoms with E-state index in [4.69, 9.17) is 0 Å². The van der Waals surface area contributed by atoms with Crippen molar-refractivity contribution in [2.75, 3.05) is 6.54 Å². The zero-order valence-electron chi connectivity index (χ0n) is 18.4. The highest BCUT2D eigenvalue weighted by atomic mass is 16.4. The Morgan fingerprint density at radius 3 is 1.66 bits per heavy atom. The zero-order chi connectivity index (χ0) is 22.4. The number of carboxylic acids is 3. The molecule has 0 aromatic carbocycles. The van der Waals surface area contributed by atoms with E-state index >= 15 is 0 Å². The molecule has 0 aromatic heterocycles. The topological polar surface area (TPSA) is 115 Å². The maximum Gasteiger partial charge on any atom is 0.362 e. The summed E-state index contributed by atoms with van der Waals surface area (Å²) in [6.45, 7) is 7.13. The summed E-state index contributed by atoms with van der Waals surface area (Å²) in [5, 5.41) is 31.6. The minimum absolute atomic E-state index is 0.0388. The quantitative estimate of drug-likeness (QED) is 0.215. The maximum absolute atomic E-state index is 12.1. The van der Waals surface area contributed by atoms with E-state index in [1.807, 2.05) is 6.08 Å². The third kappa shape index (κ3) is 7.46. The Kier molecular flexibility index (Phi) is 13.2. The molecule has 0 heterocycles. The first kappa shape index (κ1) is 27.1. The number of rotatable bonds is 17. The van der Waals surface area contributed by atoms with Crippen molar-refractivity contribution in [3.8, 4) is 0 Å². The van der Waals surface area contributed by atoms with Gasteiger partial charge in [0.15, 0.2) is 12.1 Å². The molecule has 7 heteroatoms. The van der Waals surface area contributed by atoms with Crippen LogP contribution in [0.1, 0.15) is 85.5 Å². The highest BCUT2D eigenvalue weighted by molar-refractivity contribution is 5.77. The van der Waals surface area contributed by atoms with Gasteiger partial charge in [-0.1, -0.05) is 59.5 Å². The van der Waals surface area contributed by atoms with Crippen LogP contribution in [0.5, 0.6) is 0 Å². The fourth-order valence-corrected chi connectivity index (χ4v) is 4.42.